The summed E-state index contributed by atoms with van der Waals surface area (Å²) in [6.07, 6.45) is 4.13. The molecule has 5 nitrogen and oxygen atoms in total. The zero-order valence-corrected chi connectivity index (χ0v) is 13.5. The fourth-order valence-corrected chi connectivity index (χ4v) is 2.88. The van der Waals surface area contributed by atoms with Gasteiger partial charge in [0.05, 0.1) is 4.90 Å². The molecular formula is C15H22N2O3S. The highest BCUT2D eigenvalue weighted by Crippen LogP contribution is 2.26. The van der Waals surface area contributed by atoms with Crippen LogP contribution in [0.4, 0.5) is 0 Å². The van der Waals surface area contributed by atoms with Crippen molar-refractivity contribution < 1.29 is 12.8 Å². The van der Waals surface area contributed by atoms with Crippen molar-refractivity contribution in [2.24, 2.45) is 5.73 Å². The van der Waals surface area contributed by atoms with Gasteiger partial charge in [-0.2, -0.15) is 0 Å². The molecule has 0 aliphatic rings. The number of hydrogen-bond acceptors (Lipinski definition) is 5. The third kappa shape index (κ3) is 4.04. The third-order valence-electron chi connectivity index (χ3n) is 3.52. The van der Waals surface area contributed by atoms with Gasteiger partial charge in [0, 0.05) is 18.2 Å². The molecule has 0 saturated carbocycles. The molecule has 0 bridgehead atoms. The molecule has 0 saturated heterocycles. The van der Waals surface area contributed by atoms with Gasteiger partial charge in [0.2, 0.25) is 0 Å². The topological polar surface area (TPSA) is 86.2 Å². The molecule has 2 aromatic rings. The van der Waals surface area contributed by atoms with E-state index in [4.69, 9.17) is 10.2 Å². The predicted octanol–water partition coefficient (Wildman–Crippen LogP) is 2.85. The first-order valence-electron chi connectivity index (χ1n) is 7.13. The lowest BCUT2D eigenvalue weighted by molar-refractivity contribution is 0.452. The van der Waals surface area contributed by atoms with Gasteiger partial charge in [-0.3, -0.25) is 0 Å². The van der Waals surface area contributed by atoms with E-state index in [-0.39, 0.29) is 16.9 Å². The van der Waals surface area contributed by atoms with Crippen molar-refractivity contribution in [2.45, 2.75) is 50.0 Å². The number of nitrogens with zero attached hydrogens (tertiary/aromatic N) is 1. The van der Waals surface area contributed by atoms with E-state index in [0.717, 1.165) is 19.3 Å². The predicted molar refractivity (Wildman–Crippen MR) is 83.0 cm³/mol. The molecule has 116 valence electrons. The van der Waals surface area contributed by atoms with Gasteiger partial charge in [0.1, 0.15) is 5.52 Å². The molecule has 6 heteroatoms. The third-order valence-corrected chi connectivity index (χ3v) is 4.63. The number of nitrogens with two attached hydrogens (primary N) is 1. The number of hydrogen-bond donors (Lipinski definition) is 1. The molecule has 21 heavy (non-hydrogen) atoms. The number of aromatic nitrogens is 1. The molecule has 2 rings (SSSR count). The SMILES string of the molecule is CC(N)CCCC(C)c1nc2cc(S(C)(=O)=O)ccc2o1. The van der Waals surface area contributed by atoms with Crippen molar-refractivity contribution >= 4 is 20.9 Å². The van der Waals surface area contributed by atoms with Crippen LogP contribution in [0.15, 0.2) is 27.5 Å². The lowest BCUT2D eigenvalue weighted by Gasteiger charge is -2.08. The van der Waals surface area contributed by atoms with Gasteiger partial charge < -0.3 is 10.2 Å². The molecular weight excluding hydrogens is 288 g/mol. The lowest BCUT2D eigenvalue weighted by Crippen LogP contribution is -2.14. The van der Waals surface area contributed by atoms with Crippen molar-refractivity contribution in [3.63, 3.8) is 0 Å². The van der Waals surface area contributed by atoms with Crippen LogP contribution in [-0.4, -0.2) is 25.7 Å². The van der Waals surface area contributed by atoms with Crippen LogP contribution in [0.3, 0.4) is 0 Å². The minimum atomic E-state index is -3.22. The maximum absolute atomic E-state index is 11.6. The van der Waals surface area contributed by atoms with E-state index in [2.05, 4.69) is 11.9 Å². The summed E-state index contributed by atoms with van der Waals surface area (Å²) in [5, 5.41) is 0. The maximum atomic E-state index is 11.6. The fourth-order valence-electron chi connectivity index (χ4n) is 2.24. The highest BCUT2D eigenvalue weighted by atomic mass is 32.2. The van der Waals surface area contributed by atoms with Crippen molar-refractivity contribution in [1.29, 1.82) is 0 Å². The van der Waals surface area contributed by atoms with Gasteiger partial charge in [-0.1, -0.05) is 13.3 Å². The van der Waals surface area contributed by atoms with Crippen LogP contribution < -0.4 is 5.73 Å². The zero-order chi connectivity index (χ0) is 15.6. The molecule has 0 fully saturated rings. The average molecular weight is 310 g/mol. The molecule has 2 unspecified atom stereocenters. The number of fused-ring (bicyclic) bond motifs is 1. The molecule has 2 atom stereocenters. The van der Waals surface area contributed by atoms with Crippen LogP contribution in [0.2, 0.25) is 0 Å². The Morgan fingerprint density at radius 2 is 2.00 bits per heavy atom. The van der Waals surface area contributed by atoms with Crippen LogP contribution in [0.25, 0.3) is 11.1 Å². The molecule has 1 aromatic carbocycles. The first-order valence-corrected chi connectivity index (χ1v) is 9.02. The fraction of sp³-hybridized carbons (Fsp3) is 0.533. The molecule has 0 amide bonds. The minimum Gasteiger partial charge on any atom is -0.440 e. The normalized spacial score (nSPS) is 15.2. The molecule has 1 aromatic heterocycles. The Bertz CT molecular complexity index is 720. The van der Waals surface area contributed by atoms with Crippen LogP contribution in [-0.2, 0) is 9.84 Å². The summed E-state index contributed by atoms with van der Waals surface area (Å²) < 4.78 is 28.8. The van der Waals surface area contributed by atoms with Crippen LogP contribution in [0.1, 0.15) is 44.9 Å². The molecule has 1 heterocycles. The average Bonchev–Trinajstić information content (AvgIpc) is 2.79. The highest BCUT2D eigenvalue weighted by molar-refractivity contribution is 7.90. The van der Waals surface area contributed by atoms with E-state index in [9.17, 15) is 8.42 Å². The van der Waals surface area contributed by atoms with Gasteiger partial charge in [-0.15, -0.1) is 0 Å². The summed E-state index contributed by atoms with van der Waals surface area (Å²) in [6, 6.07) is 4.98. The molecule has 0 aliphatic carbocycles. The van der Waals surface area contributed by atoms with E-state index < -0.39 is 9.84 Å². The molecule has 2 N–H and O–H groups in total. The quantitative estimate of drug-likeness (QED) is 0.886. The van der Waals surface area contributed by atoms with Crippen LogP contribution >= 0.6 is 0 Å². The maximum Gasteiger partial charge on any atom is 0.198 e. The van der Waals surface area contributed by atoms with Gasteiger partial charge in [-0.25, -0.2) is 13.4 Å². The second kappa shape index (κ2) is 6.15. The summed E-state index contributed by atoms with van der Waals surface area (Å²) in [7, 11) is -3.22. The Morgan fingerprint density at radius 1 is 1.29 bits per heavy atom. The van der Waals surface area contributed by atoms with E-state index in [0.29, 0.717) is 17.0 Å². The highest BCUT2D eigenvalue weighted by Gasteiger charge is 2.15. The molecule has 0 spiro atoms. The Hall–Kier alpha value is -1.40. The van der Waals surface area contributed by atoms with Crippen LogP contribution in [0, 0.1) is 0 Å². The first-order chi connectivity index (χ1) is 9.77. The molecule has 0 radical (unpaired) electrons. The Kier molecular flexibility index (Phi) is 4.68. The summed E-state index contributed by atoms with van der Waals surface area (Å²) in [5.74, 6) is 0.846. The number of rotatable bonds is 6. The summed E-state index contributed by atoms with van der Waals surface area (Å²) in [4.78, 5) is 4.69. The number of benzene rings is 1. The Balaban J connectivity index is 2.18. The first kappa shape index (κ1) is 16.0. The smallest absolute Gasteiger partial charge is 0.198 e. The Morgan fingerprint density at radius 3 is 2.62 bits per heavy atom. The lowest BCUT2D eigenvalue weighted by atomic mass is 10.0. The second-order valence-electron chi connectivity index (χ2n) is 5.76. The summed E-state index contributed by atoms with van der Waals surface area (Å²) in [5.41, 5.74) is 6.95. The zero-order valence-electron chi connectivity index (χ0n) is 12.7. The minimum absolute atomic E-state index is 0.192. The van der Waals surface area contributed by atoms with Gasteiger partial charge >= 0.3 is 0 Å². The second-order valence-corrected chi connectivity index (χ2v) is 7.78. The van der Waals surface area contributed by atoms with E-state index in [1.807, 2.05) is 6.92 Å². The monoisotopic (exact) mass is 310 g/mol. The van der Waals surface area contributed by atoms with Crippen molar-refractivity contribution in [3.05, 3.63) is 24.1 Å². The van der Waals surface area contributed by atoms with Crippen molar-refractivity contribution in [2.75, 3.05) is 6.26 Å². The largest absolute Gasteiger partial charge is 0.440 e. The van der Waals surface area contributed by atoms with Gasteiger partial charge in [-0.05, 0) is 38.0 Å². The number of oxazole rings is 1. The van der Waals surface area contributed by atoms with E-state index in [1.54, 1.807) is 18.2 Å². The van der Waals surface area contributed by atoms with Crippen LogP contribution in [0.5, 0.6) is 0 Å². The van der Waals surface area contributed by atoms with E-state index in [1.165, 1.54) is 6.26 Å². The Labute approximate surface area is 125 Å². The summed E-state index contributed by atoms with van der Waals surface area (Å²) in [6.45, 7) is 4.06. The standard InChI is InChI=1S/C15H22N2O3S/c1-10(5-4-6-11(2)16)15-17-13-9-12(21(3,18)19)7-8-14(13)20-15/h7-11H,4-6,16H2,1-3H3. The van der Waals surface area contributed by atoms with E-state index >= 15 is 0 Å². The van der Waals surface area contributed by atoms with Gasteiger partial charge in [0.25, 0.3) is 0 Å². The van der Waals surface area contributed by atoms with Crippen molar-refractivity contribution in [1.82, 2.24) is 4.98 Å². The van der Waals surface area contributed by atoms with Crippen molar-refractivity contribution in [3.8, 4) is 0 Å². The number of sulfone groups is 1. The molecule has 0 aliphatic heterocycles. The van der Waals surface area contributed by atoms with Gasteiger partial charge in [0.15, 0.2) is 21.3 Å². The summed E-state index contributed by atoms with van der Waals surface area (Å²) >= 11 is 0.